The van der Waals surface area contributed by atoms with Gasteiger partial charge in [0.25, 0.3) is 0 Å². The van der Waals surface area contributed by atoms with Crippen LogP contribution in [0.2, 0.25) is 0 Å². The molecule has 204 valence electrons. The summed E-state index contributed by atoms with van der Waals surface area (Å²) < 4.78 is 16.8. The van der Waals surface area contributed by atoms with Gasteiger partial charge in [0.15, 0.2) is 5.75 Å². The molecule has 3 rings (SSSR count). The second-order valence-electron chi connectivity index (χ2n) is 9.08. The number of carbonyl (C=O) groups excluding carboxylic acids is 2. The van der Waals surface area contributed by atoms with Gasteiger partial charge in [0.1, 0.15) is 5.82 Å². The largest absolute Gasteiger partial charge is 0.421 e. The predicted molar refractivity (Wildman–Crippen MR) is 147 cm³/mol. The van der Waals surface area contributed by atoms with Crippen LogP contribution in [0.15, 0.2) is 73.1 Å². The van der Waals surface area contributed by atoms with Crippen molar-refractivity contribution in [1.29, 1.82) is 0 Å². The summed E-state index contributed by atoms with van der Waals surface area (Å²) in [5.74, 6) is -0.200. The Labute approximate surface area is 228 Å². The summed E-state index contributed by atoms with van der Waals surface area (Å²) in [5.41, 5.74) is 0.532. The highest BCUT2D eigenvalue weighted by atomic mass is 32.5. The van der Waals surface area contributed by atoms with Gasteiger partial charge in [0.05, 0.1) is 36.2 Å². The van der Waals surface area contributed by atoms with Gasteiger partial charge in [-0.25, -0.2) is 29.3 Å². The van der Waals surface area contributed by atoms with Gasteiger partial charge in [0.2, 0.25) is 0 Å². The lowest BCUT2D eigenvalue weighted by molar-refractivity contribution is -0.187. The number of rotatable bonds is 8. The summed E-state index contributed by atoms with van der Waals surface area (Å²) in [4.78, 5) is 40.5. The third-order valence-electron chi connectivity index (χ3n) is 4.36. The molecule has 0 bridgehead atoms. The van der Waals surface area contributed by atoms with Gasteiger partial charge in [-0.15, -0.1) is 0 Å². The molecule has 1 atom stereocenters. The molecule has 0 amide bonds. The first kappa shape index (κ1) is 31.1. The van der Waals surface area contributed by atoms with E-state index in [0.717, 1.165) is 5.82 Å². The number of aromatic nitrogens is 2. The van der Waals surface area contributed by atoms with E-state index >= 15 is 0 Å². The molecule has 9 nitrogen and oxygen atoms in total. The van der Waals surface area contributed by atoms with Crippen molar-refractivity contribution in [1.82, 2.24) is 9.97 Å². The van der Waals surface area contributed by atoms with Crippen molar-refractivity contribution in [2.75, 3.05) is 6.61 Å². The molecule has 1 unspecified atom stereocenters. The normalized spacial score (nSPS) is 12.5. The SMILES string of the molecule is CCOP(=S)(Oc1cnc(C(C)(C)C)nc1)OC(C)C.O=C(OOC(=O)c1ccccc1)c1ccccc1. The minimum Gasteiger partial charge on any atom is -0.421 e. The molecule has 0 aliphatic rings. The van der Waals surface area contributed by atoms with E-state index in [-0.39, 0.29) is 11.5 Å². The van der Waals surface area contributed by atoms with E-state index < -0.39 is 18.7 Å². The van der Waals surface area contributed by atoms with Crippen LogP contribution in [0.5, 0.6) is 5.75 Å². The molecule has 0 aliphatic carbocycles. The van der Waals surface area contributed by atoms with Gasteiger partial charge in [-0.1, -0.05) is 57.2 Å². The van der Waals surface area contributed by atoms with Crippen LogP contribution in [0.4, 0.5) is 0 Å². The molecule has 2 aromatic carbocycles. The zero-order chi connectivity index (χ0) is 28.2. The fraction of sp³-hybridized carbons (Fsp3) is 0.333. The lowest BCUT2D eigenvalue weighted by Gasteiger charge is -2.23. The van der Waals surface area contributed by atoms with Gasteiger partial charge >= 0.3 is 18.7 Å². The second-order valence-corrected chi connectivity index (χ2v) is 12.0. The standard InChI is InChI=1S/C14H10O4.C13H23N2O3PS/c15-13(11-7-3-1-4-8-11)17-18-14(16)12-9-5-2-6-10-12;1-7-16-19(20,17-10(2)3)18-11-8-14-12(15-9-11)13(4,5)6/h1-10H;8-10H,7H2,1-6H3. The van der Waals surface area contributed by atoms with Crippen molar-refractivity contribution < 1.29 is 32.9 Å². The van der Waals surface area contributed by atoms with E-state index in [1.54, 1.807) is 73.1 Å². The fourth-order valence-electron chi connectivity index (χ4n) is 2.69. The molecule has 1 heterocycles. The van der Waals surface area contributed by atoms with Crippen LogP contribution >= 0.6 is 6.72 Å². The van der Waals surface area contributed by atoms with Crippen molar-refractivity contribution in [2.24, 2.45) is 0 Å². The van der Waals surface area contributed by atoms with Crippen molar-refractivity contribution in [3.8, 4) is 5.75 Å². The van der Waals surface area contributed by atoms with Gasteiger partial charge in [-0.3, -0.25) is 9.05 Å². The highest BCUT2D eigenvalue weighted by Gasteiger charge is 2.25. The van der Waals surface area contributed by atoms with Gasteiger partial charge < -0.3 is 4.52 Å². The molecule has 0 radical (unpaired) electrons. The van der Waals surface area contributed by atoms with Gasteiger partial charge in [-0.05, 0) is 45.0 Å². The van der Waals surface area contributed by atoms with Crippen molar-refractivity contribution >= 4 is 30.5 Å². The third-order valence-corrected chi connectivity index (χ3v) is 6.84. The van der Waals surface area contributed by atoms with E-state index in [9.17, 15) is 9.59 Å². The Morgan fingerprint density at radius 1 is 0.868 bits per heavy atom. The summed E-state index contributed by atoms with van der Waals surface area (Å²) >= 11 is 5.35. The number of hydrogen-bond acceptors (Lipinski definition) is 10. The summed E-state index contributed by atoms with van der Waals surface area (Å²) in [5, 5.41) is 0. The summed E-state index contributed by atoms with van der Waals surface area (Å²) in [6.07, 6.45) is 3.15. The molecule has 0 spiro atoms. The second kappa shape index (κ2) is 14.7. The summed E-state index contributed by atoms with van der Waals surface area (Å²) in [7, 11) is 0. The average molecular weight is 561 g/mol. The van der Waals surface area contributed by atoms with Gasteiger partial charge in [0, 0.05) is 17.2 Å². The maximum Gasteiger partial charge on any atom is 0.386 e. The highest BCUT2D eigenvalue weighted by Crippen LogP contribution is 2.50. The molecule has 0 N–H and O–H groups in total. The number of nitrogens with zero attached hydrogens (tertiary/aromatic N) is 2. The van der Waals surface area contributed by atoms with Crippen molar-refractivity contribution in [2.45, 2.75) is 53.1 Å². The van der Waals surface area contributed by atoms with Crippen LogP contribution in [-0.4, -0.2) is 34.6 Å². The minimum atomic E-state index is -2.80. The Balaban J connectivity index is 0.000000268. The Kier molecular flexibility index (Phi) is 12.0. The smallest absolute Gasteiger partial charge is 0.386 e. The molecule has 1 aromatic heterocycles. The van der Waals surface area contributed by atoms with Crippen LogP contribution in [0, 0.1) is 0 Å². The zero-order valence-corrected chi connectivity index (χ0v) is 24.0. The molecule has 0 aliphatic heterocycles. The number of hydrogen-bond donors (Lipinski definition) is 0. The van der Waals surface area contributed by atoms with E-state index in [4.69, 9.17) is 25.4 Å². The number of benzene rings is 2. The Morgan fingerprint density at radius 3 is 1.68 bits per heavy atom. The third kappa shape index (κ3) is 10.7. The first-order valence-corrected chi connectivity index (χ1v) is 14.5. The van der Waals surface area contributed by atoms with Crippen molar-refractivity contribution in [3.05, 3.63) is 90.0 Å². The van der Waals surface area contributed by atoms with Crippen LogP contribution in [0.3, 0.4) is 0 Å². The van der Waals surface area contributed by atoms with Crippen LogP contribution < -0.4 is 4.52 Å². The average Bonchev–Trinajstić information content (AvgIpc) is 2.88. The Morgan fingerprint density at radius 2 is 1.32 bits per heavy atom. The molecule has 38 heavy (non-hydrogen) atoms. The highest BCUT2D eigenvalue weighted by molar-refractivity contribution is 8.07. The first-order chi connectivity index (χ1) is 17.9. The Bertz CT molecular complexity index is 1150. The molecule has 0 saturated carbocycles. The molecule has 0 fully saturated rings. The topological polar surface area (TPSA) is 106 Å². The maximum absolute atomic E-state index is 11.5. The minimum absolute atomic E-state index is 0.0675. The molecule has 11 heteroatoms. The Hall–Kier alpha value is -3.17. The van der Waals surface area contributed by atoms with Crippen molar-refractivity contribution in [3.63, 3.8) is 0 Å². The summed E-state index contributed by atoms with van der Waals surface area (Å²) in [6.45, 7) is 9.43. The van der Waals surface area contributed by atoms with E-state index in [2.05, 4.69) is 40.5 Å². The predicted octanol–water partition coefficient (Wildman–Crippen LogP) is 6.45. The lowest BCUT2D eigenvalue weighted by Crippen LogP contribution is -2.15. The lowest BCUT2D eigenvalue weighted by atomic mass is 9.96. The van der Waals surface area contributed by atoms with Crippen LogP contribution in [0.25, 0.3) is 0 Å². The first-order valence-electron chi connectivity index (χ1n) is 11.9. The van der Waals surface area contributed by atoms with E-state index in [1.807, 2.05) is 20.8 Å². The van der Waals surface area contributed by atoms with Crippen LogP contribution in [0.1, 0.15) is 68.1 Å². The van der Waals surface area contributed by atoms with E-state index in [1.165, 1.54) is 0 Å². The quantitative estimate of drug-likeness (QED) is 0.173. The molecular weight excluding hydrogens is 527 g/mol. The maximum atomic E-state index is 11.5. The fourth-order valence-corrected chi connectivity index (χ4v) is 5.13. The van der Waals surface area contributed by atoms with Crippen LogP contribution in [-0.2, 0) is 36.0 Å². The van der Waals surface area contributed by atoms with Gasteiger partial charge in [-0.2, -0.15) is 0 Å². The van der Waals surface area contributed by atoms with E-state index in [0.29, 0.717) is 23.5 Å². The molecule has 3 aromatic rings. The summed E-state index contributed by atoms with van der Waals surface area (Å²) in [6, 6.07) is 16.6. The zero-order valence-electron chi connectivity index (χ0n) is 22.3. The monoisotopic (exact) mass is 560 g/mol. The number of carbonyl (C=O) groups is 2. The molecular formula is C27H33N2O7PS. The molecule has 0 saturated heterocycles.